The molecule has 1 aliphatic heterocycles. The summed E-state index contributed by atoms with van der Waals surface area (Å²) in [7, 11) is 0. The lowest BCUT2D eigenvalue weighted by Gasteiger charge is -2.08. The van der Waals surface area contributed by atoms with Crippen molar-refractivity contribution in [2.24, 2.45) is 5.16 Å². The van der Waals surface area contributed by atoms with Gasteiger partial charge < -0.3 is 4.84 Å². The van der Waals surface area contributed by atoms with Crippen LogP contribution in [0.4, 0.5) is 0 Å². The smallest absolute Gasteiger partial charge is 0.127 e. The maximum Gasteiger partial charge on any atom is 0.127 e. The monoisotopic (exact) mass is 199 g/mol. The van der Waals surface area contributed by atoms with Gasteiger partial charge in [0.25, 0.3) is 0 Å². The Morgan fingerprint density at radius 1 is 1.38 bits per heavy atom. The van der Waals surface area contributed by atoms with Gasteiger partial charge in [0.2, 0.25) is 0 Å². The summed E-state index contributed by atoms with van der Waals surface area (Å²) in [6.07, 6.45) is 6.60. The minimum atomic E-state index is 0.422. The minimum Gasteiger partial charge on any atom is -0.393 e. The highest BCUT2D eigenvalue weighted by molar-refractivity contribution is 8.01. The van der Waals surface area contributed by atoms with Crippen LogP contribution in [0.3, 0.4) is 0 Å². The average molecular weight is 199 g/mol. The average Bonchev–Trinajstić information content (AvgIpc) is 2.72. The molecule has 1 saturated heterocycles. The summed E-state index contributed by atoms with van der Waals surface area (Å²) < 4.78 is 0. The zero-order chi connectivity index (χ0) is 9.10. The predicted molar refractivity (Wildman–Crippen MR) is 57.3 cm³/mol. The van der Waals surface area contributed by atoms with E-state index in [-0.39, 0.29) is 0 Å². The van der Waals surface area contributed by atoms with Gasteiger partial charge in [0.15, 0.2) is 0 Å². The summed E-state index contributed by atoms with van der Waals surface area (Å²) in [5.41, 5.74) is 1.26. The van der Waals surface area contributed by atoms with Crippen molar-refractivity contribution in [1.82, 2.24) is 0 Å². The van der Waals surface area contributed by atoms with Gasteiger partial charge in [0.1, 0.15) is 6.10 Å². The van der Waals surface area contributed by atoms with Gasteiger partial charge in [0.05, 0.1) is 5.71 Å². The van der Waals surface area contributed by atoms with E-state index >= 15 is 0 Å². The Morgan fingerprint density at radius 3 is 2.77 bits per heavy atom. The Balaban J connectivity index is 1.81. The quantitative estimate of drug-likeness (QED) is 0.638. The van der Waals surface area contributed by atoms with Crippen molar-refractivity contribution >= 4 is 17.5 Å². The molecule has 2 nitrogen and oxygen atoms in total. The van der Waals surface area contributed by atoms with E-state index in [1.807, 2.05) is 11.8 Å². The van der Waals surface area contributed by atoms with Crippen LogP contribution in [0, 0.1) is 0 Å². The van der Waals surface area contributed by atoms with E-state index in [9.17, 15) is 0 Å². The molecule has 1 aliphatic carbocycles. The number of oxime groups is 1. The molecule has 0 radical (unpaired) electrons. The number of nitrogens with zero attached hydrogens (tertiary/aromatic N) is 1. The van der Waals surface area contributed by atoms with Crippen LogP contribution in [0.2, 0.25) is 0 Å². The van der Waals surface area contributed by atoms with Crippen molar-refractivity contribution in [3.63, 3.8) is 0 Å². The number of thioether (sulfide) groups is 1. The zero-order valence-corrected chi connectivity index (χ0v) is 8.98. The summed E-state index contributed by atoms with van der Waals surface area (Å²) in [5, 5.41) is 4.87. The molecule has 0 bridgehead atoms. The second-order valence-corrected chi connectivity index (χ2v) is 5.31. The Hall–Kier alpha value is -0.180. The number of rotatable bonds is 2. The highest BCUT2D eigenvalue weighted by Gasteiger charge is 2.21. The molecular formula is C10H17NOS. The fraction of sp³-hybridized carbons (Fsp3) is 0.900. The van der Waals surface area contributed by atoms with E-state index in [1.54, 1.807) is 0 Å². The van der Waals surface area contributed by atoms with Crippen LogP contribution >= 0.6 is 11.8 Å². The van der Waals surface area contributed by atoms with Gasteiger partial charge >= 0.3 is 0 Å². The van der Waals surface area contributed by atoms with Crippen LogP contribution in [0.15, 0.2) is 5.16 Å². The van der Waals surface area contributed by atoms with E-state index in [0.29, 0.717) is 11.4 Å². The van der Waals surface area contributed by atoms with E-state index in [2.05, 4.69) is 12.1 Å². The summed E-state index contributed by atoms with van der Waals surface area (Å²) in [5.74, 6) is 1.22. The van der Waals surface area contributed by atoms with Gasteiger partial charge in [-0.15, -0.1) is 0 Å². The molecule has 1 unspecified atom stereocenters. The van der Waals surface area contributed by atoms with E-state index in [0.717, 1.165) is 6.42 Å². The molecule has 3 heteroatoms. The highest BCUT2D eigenvalue weighted by Crippen LogP contribution is 2.25. The molecule has 0 aromatic rings. The van der Waals surface area contributed by atoms with Crippen LogP contribution in [0.5, 0.6) is 0 Å². The van der Waals surface area contributed by atoms with Crippen LogP contribution in [0.1, 0.15) is 39.0 Å². The van der Waals surface area contributed by atoms with E-state index in [1.165, 1.54) is 37.1 Å². The molecule has 13 heavy (non-hydrogen) atoms. The first-order valence-electron chi connectivity index (χ1n) is 5.20. The maximum absolute atomic E-state index is 5.53. The van der Waals surface area contributed by atoms with Crippen molar-refractivity contribution in [1.29, 1.82) is 0 Å². The van der Waals surface area contributed by atoms with Crippen LogP contribution in [-0.2, 0) is 4.84 Å². The second-order valence-electron chi connectivity index (χ2n) is 3.86. The molecule has 2 aliphatic rings. The molecule has 2 fully saturated rings. The number of hydrogen-bond donors (Lipinski definition) is 0. The van der Waals surface area contributed by atoms with E-state index < -0.39 is 0 Å². The topological polar surface area (TPSA) is 21.6 Å². The Bertz CT molecular complexity index is 199. The lowest BCUT2D eigenvalue weighted by molar-refractivity contribution is 0.0638. The first kappa shape index (κ1) is 9.38. The molecule has 1 atom stereocenters. The SMILES string of the molecule is CC1SCC/C1=N\OC1CCCC1. The Labute approximate surface area is 84.1 Å². The fourth-order valence-electron chi connectivity index (χ4n) is 1.90. The lowest BCUT2D eigenvalue weighted by Crippen LogP contribution is -2.10. The molecule has 1 saturated carbocycles. The van der Waals surface area contributed by atoms with Gasteiger partial charge in [-0.05, 0) is 44.8 Å². The Kier molecular flexibility index (Phi) is 3.14. The van der Waals surface area contributed by atoms with E-state index in [4.69, 9.17) is 4.84 Å². The normalized spacial score (nSPS) is 33.0. The number of hydrogen-bond acceptors (Lipinski definition) is 3. The maximum atomic E-state index is 5.53. The first-order chi connectivity index (χ1) is 6.36. The summed E-state index contributed by atoms with van der Waals surface area (Å²) >= 11 is 1.98. The van der Waals surface area contributed by atoms with Gasteiger partial charge in [-0.25, -0.2) is 0 Å². The second kappa shape index (κ2) is 4.36. The lowest BCUT2D eigenvalue weighted by atomic mass is 10.2. The third-order valence-corrected chi connectivity index (χ3v) is 4.03. The molecule has 0 aromatic heterocycles. The van der Waals surface area contributed by atoms with Crippen molar-refractivity contribution in [3.05, 3.63) is 0 Å². The molecule has 0 amide bonds. The summed E-state index contributed by atoms with van der Waals surface area (Å²) in [6.45, 7) is 2.22. The summed E-state index contributed by atoms with van der Waals surface area (Å²) in [4.78, 5) is 5.53. The third-order valence-electron chi connectivity index (χ3n) is 2.82. The minimum absolute atomic E-state index is 0.422. The highest BCUT2D eigenvalue weighted by atomic mass is 32.2. The van der Waals surface area contributed by atoms with Crippen molar-refractivity contribution < 1.29 is 4.84 Å². The van der Waals surface area contributed by atoms with Crippen LogP contribution < -0.4 is 0 Å². The van der Waals surface area contributed by atoms with Crippen molar-refractivity contribution in [2.75, 3.05) is 5.75 Å². The molecule has 1 heterocycles. The van der Waals surface area contributed by atoms with Crippen molar-refractivity contribution in [3.8, 4) is 0 Å². The first-order valence-corrected chi connectivity index (χ1v) is 6.25. The predicted octanol–water partition coefficient (Wildman–Crippen LogP) is 2.83. The molecule has 0 spiro atoms. The Morgan fingerprint density at radius 2 is 2.15 bits per heavy atom. The van der Waals surface area contributed by atoms with Crippen LogP contribution in [0.25, 0.3) is 0 Å². The van der Waals surface area contributed by atoms with Gasteiger partial charge in [0, 0.05) is 5.25 Å². The van der Waals surface area contributed by atoms with Gasteiger partial charge in [-0.1, -0.05) is 5.16 Å². The van der Waals surface area contributed by atoms with Crippen molar-refractivity contribution in [2.45, 2.75) is 50.4 Å². The van der Waals surface area contributed by atoms with Gasteiger partial charge in [-0.3, -0.25) is 0 Å². The molecule has 0 N–H and O–H groups in total. The zero-order valence-electron chi connectivity index (χ0n) is 8.16. The van der Waals surface area contributed by atoms with Crippen LogP contribution in [-0.4, -0.2) is 22.8 Å². The fourth-order valence-corrected chi connectivity index (χ4v) is 2.93. The molecule has 74 valence electrons. The summed E-state index contributed by atoms with van der Waals surface area (Å²) in [6, 6.07) is 0. The van der Waals surface area contributed by atoms with Gasteiger partial charge in [-0.2, -0.15) is 11.8 Å². The molecule has 0 aromatic carbocycles. The standard InChI is InChI=1S/C10H17NOS/c1-8-10(6-7-13-8)11-12-9-4-2-3-5-9/h8-9H,2-7H2,1H3/b11-10+. The molecular weight excluding hydrogens is 182 g/mol. The largest absolute Gasteiger partial charge is 0.393 e. The third kappa shape index (κ3) is 2.39. The molecule has 2 rings (SSSR count).